The fraction of sp³-hybridized carbons (Fsp3) is 0.467. The molecule has 11 nitrogen and oxygen atoms in total. The second-order valence-electron chi connectivity index (χ2n) is 5.70. The van der Waals surface area contributed by atoms with Crippen molar-refractivity contribution in [1.29, 1.82) is 0 Å². The molecule has 0 amide bonds. The highest BCUT2D eigenvalue weighted by Gasteiger charge is 2.48. The van der Waals surface area contributed by atoms with Crippen LogP contribution in [0.25, 0.3) is 5.82 Å². The van der Waals surface area contributed by atoms with Crippen LogP contribution in [0, 0.1) is 0 Å². The van der Waals surface area contributed by atoms with Gasteiger partial charge in [-0.3, -0.25) is 14.2 Å². The Morgan fingerprint density at radius 2 is 1.88 bits per heavy atom. The number of nitrogens with zero attached hydrogens (tertiary/aromatic N) is 5. The van der Waals surface area contributed by atoms with Gasteiger partial charge in [-0.15, -0.1) is 0 Å². The molecule has 26 heavy (non-hydrogen) atoms. The lowest BCUT2D eigenvalue weighted by Crippen LogP contribution is -2.40. The number of esters is 2. The molecule has 0 spiro atoms. The van der Waals surface area contributed by atoms with E-state index in [1.807, 2.05) is 0 Å². The van der Waals surface area contributed by atoms with Gasteiger partial charge in [0.15, 0.2) is 24.3 Å². The van der Waals surface area contributed by atoms with Crippen molar-refractivity contribution in [3.63, 3.8) is 0 Å². The fourth-order valence-electron chi connectivity index (χ4n) is 2.75. The number of carbonyl (C=O) groups is 2. The molecule has 11 heteroatoms. The van der Waals surface area contributed by atoms with Crippen LogP contribution in [0.15, 0.2) is 29.7 Å². The van der Waals surface area contributed by atoms with Crippen LogP contribution in [0.2, 0.25) is 0 Å². The van der Waals surface area contributed by atoms with Crippen molar-refractivity contribution < 1.29 is 23.8 Å². The molecule has 138 valence electrons. The Hall–Kier alpha value is -3.08. The molecule has 0 saturated carbocycles. The molecule has 0 aliphatic carbocycles. The van der Waals surface area contributed by atoms with E-state index in [0.717, 1.165) is 0 Å². The van der Waals surface area contributed by atoms with E-state index >= 15 is 0 Å². The summed E-state index contributed by atoms with van der Waals surface area (Å²) in [5.74, 6) is -0.860. The molecule has 4 atom stereocenters. The average Bonchev–Trinajstić information content (AvgIpc) is 3.18. The van der Waals surface area contributed by atoms with Crippen molar-refractivity contribution in [3.05, 3.63) is 35.4 Å². The first kappa shape index (κ1) is 17.7. The quantitative estimate of drug-likeness (QED) is 0.667. The van der Waals surface area contributed by atoms with Crippen molar-refractivity contribution in [2.45, 2.75) is 45.3 Å². The molecule has 1 fully saturated rings. The monoisotopic (exact) mass is 363 g/mol. The maximum absolute atomic E-state index is 12.5. The van der Waals surface area contributed by atoms with Gasteiger partial charge < -0.3 is 14.2 Å². The summed E-state index contributed by atoms with van der Waals surface area (Å²) in [6.45, 7) is 4.12. The average molecular weight is 363 g/mol. The fourth-order valence-corrected chi connectivity index (χ4v) is 2.75. The van der Waals surface area contributed by atoms with Crippen molar-refractivity contribution in [2.24, 2.45) is 0 Å². The van der Waals surface area contributed by atoms with E-state index in [0.29, 0.717) is 0 Å². The maximum Gasteiger partial charge on any atom is 0.351 e. The van der Waals surface area contributed by atoms with Crippen LogP contribution >= 0.6 is 0 Å². The molecule has 1 saturated heterocycles. The minimum absolute atomic E-state index is 0.273. The molecular weight excluding hydrogens is 346 g/mol. The van der Waals surface area contributed by atoms with Crippen LogP contribution in [-0.4, -0.2) is 54.6 Å². The topological polar surface area (TPSA) is 127 Å². The van der Waals surface area contributed by atoms with Crippen LogP contribution < -0.4 is 5.69 Å². The first-order valence-electron chi connectivity index (χ1n) is 7.81. The van der Waals surface area contributed by atoms with Crippen molar-refractivity contribution in [3.8, 4) is 5.82 Å². The summed E-state index contributed by atoms with van der Waals surface area (Å²) in [6, 6.07) is 1.54. The van der Waals surface area contributed by atoms with Crippen molar-refractivity contribution in [2.75, 3.05) is 0 Å². The van der Waals surface area contributed by atoms with Gasteiger partial charge in [-0.1, -0.05) is 0 Å². The third-order valence-electron chi connectivity index (χ3n) is 3.77. The summed E-state index contributed by atoms with van der Waals surface area (Å²) in [4.78, 5) is 43.0. The van der Waals surface area contributed by atoms with Gasteiger partial charge in [-0.05, 0) is 13.0 Å². The minimum atomic E-state index is -0.983. The molecule has 2 unspecified atom stereocenters. The smallest absolute Gasteiger partial charge is 0.351 e. The number of aromatic nitrogens is 5. The van der Waals surface area contributed by atoms with Crippen LogP contribution in [0.3, 0.4) is 0 Å². The zero-order valence-electron chi connectivity index (χ0n) is 14.3. The highest BCUT2D eigenvalue weighted by atomic mass is 16.6. The van der Waals surface area contributed by atoms with Gasteiger partial charge in [-0.25, -0.2) is 14.5 Å². The molecule has 0 radical (unpaired) electrons. The zero-order valence-corrected chi connectivity index (χ0v) is 14.3. The van der Waals surface area contributed by atoms with E-state index < -0.39 is 42.2 Å². The van der Waals surface area contributed by atoms with E-state index in [-0.39, 0.29) is 5.82 Å². The second kappa shape index (κ2) is 7.04. The van der Waals surface area contributed by atoms with Gasteiger partial charge in [-0.2, -0.15) is 10.1 Å². The summed E-state index contributed by atoms with van der Waals surface area (Å²) in [6.07, 6.45) is 0.759. The molecule has 1 aliphatic rings. The number of rotatable bonds is 4. The van der Waals surface area contributed by atoms with Crippen molar-refractivity contribution >= 4 is 11.9 Å². The number of hydrogen-bond donors (Lipinski definition) is 0. The van der Waals surface area contributed by atoms with E-state index in [1.54, 1.807) is 6.92 Å². The third-order valence-corrected chi connectivity index (χ3v) is 3.77. The molecular formula is C15H17N5O6. The van der Waals surface area contributed by atoms with Gasteiger partial charge in [0.05, 0.1) is 6.10 Å². The van der Waals surface area contributed by atoms with Crippen LogP contribution in [0.1, 0.15) is 27.0 Å². The molecule has 3 rings (SSSR count). The Bertz CT molecular complexity index is 864. The number of carbonyl (C=O) groups excluding carboxylic acids is 2. The lowest BCUT2D eigenvalue weighted by Gasteiger charge is -2.23. The van der Waals surface area contributed by atoms with Gasteiger partial charge >= 0.3 is 17.6 Å². The normalized spacial score (nSPS) is 25.0. The van der Waals surface area contributed by atoms with E-state index in [1.165, 1.54) is 48.0 Å². The Labute approximate surface area is 147 Å². The first-order chi connectivity index (χ1) is 12.4. The lowest BCUT2D eigenvalue weighted by atomic mass is 10.1. The van der Waals surface area contributed by atoms with E-state index in [9.17, 15) is 14.4 Å². The molecule has 0 aromatic carbocycles. The Balaban J connectivity index is 1.94. The summed E-state index contributed by atoms with van der Waals surface area (Å²) >= 11 is 0. The summed E-state index contributed by atoms with van der Waals surface area (Å²) in [7, 11) is 0. The predicted molar refractivity (Wildman–Crippen MR) is 84.1 cm³/mol. The van der Waals surface area contributed by atoms with Gasteiger partial charge in [0.1, 0.15) is 12.7 Å². The Morgan fingerprint density at radius 1 is 1.19 bits per heavy atom. The highest BCUT2D eigenvalue weighted by Crippen LogP contribution is 2.33. The van der Waals surface area contributed by atoms with E-state index in [2.05, 4.69) is 15.1 Å². The highest BCUT2D eigenvalue weighted by molar-refractivity contribution is 5.67. The minimum Gasteiger partial charge on any atom is -0.456 e. The second-order valence-corrected chi connectivity index (χ2v) is 5.70. The largest absolute Gasteiger partial charge is 0.456 e. The van der Waals surface area contributed by atoms with E-state index in [4.69, 9.17) is 14.2 Å². The van der Waals surface area contributed by atoms with Gasteiger partial charge in [0.25, 0.3) is 0 Å². The summed E-state index contributed by atoms with van der Waals surface area (Å²) in [5, 5.41) is 3.90. The Kier molecular flexibility index (Phi) is 4.80. The molecule has 1 aliphatic heterocycles. The molecule has 2 aromatic rings. The first-order valence-corrected chi connectivity index (χ1v) is 7.81. The van der Waals surface area contributed by atoms with Gasteiger partial charge in [0.2, 0.25) is 0 Å². The molecule has 0 bridgehead atoms. The number of hydrogen-bond acceptors (Lipinski definition) is 9. The summed E-state index contributed by atoms with van der Waals surface area (Å²) in [5.41, 5.74) is -0.643. The van der Waals surface area contributed by atoms with Crippen LogP contribution in [0.5, 0.6) is 0 Å². The van der Waals surface area contributed by atoms with Gasteiger partial charge in [0, 0.05) is 20.0 Å². The molecule has 2 aromatic heterocycles. The van der Waals surface area contributed by atoms with Crippen LogP contribution in [-0.2, 0) is 23.8 Å². The predicted octanol–water partition coefficient (Wildman–Crippen LogP) is -0.395. The molecule has 3 heterocycles. The van der Waals surface area contributed by atoms with Crippen LogP contribution in [0.4, 0.5) is 0 Å². The standard InChI is InChI=1S/C15H17N5O6/c1-8-12(25-9(2)21)13(26-10(3)22)14(24-8)19-5-4-11(18-15(19)23)20-7-16-6-17-20/h4-8,12-14H,1-3H3/t8?,12-,13-,14?/m1/s1. The Morgan fingerprint density at radius 3 is 2.46 bits per heavy atom. The van der Waals surface area contributed by atoms with Crippen molar-refractivity contribution in [1.82, 2.24) is 24.3 Å². The SMILES string of the molecule is CC(=O)O[C@@H]1C(C)OC(n2ccc(-n3cncn3)nc2=O)[C@@H]1OC(C)=O. The maximum atomic E-state index is 12.5. The lowest BCUT2D eigenvalue weighted by molar-refractivity contribution is -0.165. The summed E-state index contributed by atoms with van der Waals surface area (Å²) < 4.78 is 18.7. The zero-order chi connectivity index (χ0) is 18.8. The number of ether oxygens (including phenoxy) is 3. The third kappa shape index (κ3) is 3.47. The molecule has 0 N–H and O–H groups in total.